The van der Waals surface area contributed by atoms with Gasteiger partial charge in [0, 0.05) is 0 Å². The van der Waals surface area contributed by atoms with Crippen LogP contribution in [0.3, 0.4) is 0 Å². The molecule has 2 heterocycles. The van der Waals surface area contributed by atoms with Crippen molar-refractivity contribution in [3.8, 4) is 10.6 Å². The molecule has 2 aromatic heterocycles. The Morgan fingerprint density at radius 2 is 2.08 bits per heavy atom. The molecule has 0 bridgehead atoms. The molecule has 0 aliphatic carbocycles. The first-order valence-electron chi connectivity index (χ1n) is 3.70. The molecule has 0 amide bonds. The number of rotatable bonds is 1. The average Bonchev–Trinajstić information content (AvgIpc) is 2.60. The van der Waals surface area contributed by atoms with Crippen LogP contribution >= 0.6 is 11.3 Å². The molecule has 0 aliphatic rings. The van der Waals surface area contributed by atoms with Crippen molar-refractivity contribution in [3.05, 3.63) is 11.5 Å². The van der Waals surface area contributed by atoms with Crippen LogP contribution in [0.15, 0.2) is 4.52 Å². The van der Waals surface area contributed by atoms with Crippen molar-refractivity contribution in [2.24, 2.45) is 0 Å². The largest absolute Gasteiger partial charge is 0.374 e. The SMILES string of the molecule is Cc1noc(C)c1-c1nnc(N)s1. The Bertz CT molecular complexity index is 414. The normalized spacial score (nSPS) is 10.6. The van der Waals surface area contributed by atoms with Gasteiger partial charge in [-0.1, -0.05) is 16.5 Å². The maximum absolute atomic E-state index is 5.48. The number of hydrogen-bond donors (Lipinski definition) is 1. The van der Waals surface area contributed by atoms with Crippen LogP contribution < -0.4 is 5.73 Å². The first kappa shape index (κ1) is 8.18. The lowest BCUT2D eigenvalue weighted by Gasteiger charge is -1.89. The van der Waals surface area contributed by atoms with Crippen LogP contribution in [0.25, 0.3) is 10.6 Å². The fraction of sp³-hybridized carbons (Fsp3) is 0.286. The molecule has 0 unspecified atom stereocenters. The van der Waals surface area contributed by atoms with Crippen LogP contribution in [-0.2, 0) is 0 Å². The molecule has 2 aromatic rings. The minimum absolute atomic E-state index is 0.454. The monoisotopic (exact) mass is 196 g/mol. The second-order valence-corrected chi connectivity index (χ2v) is 3.65. The highest BCUT2D eigenvalue weighted by atomic mass is 32.1. The summed E-state index contributed by atoms with van der Waals surface area (Å²) in [6, 6.07) is 0. The minimum atomic E-state index is 0.454. The molecule has 2 rings (SSSR count). The van der Waals surface area contributed by atoms with Gasteiger partial charge in [0.1, 0.15) is 5.76 Å². The Morgan fingerprint density at radius 1 is 1.31 bits per heavy atom. The zero-order valence-electron chi connectivity index (χ0n) is 7.24. The summed E-state index contributed by atoms with van der Waals surface area (Å²) in [6.07, 6.45) is 0. The Labute approximate surface area is 78.6 Å². The van der Waals surface area contributed by atoms with E-state index in [0.717, 1.165) is 22.0 Å². The van der Waals surface area contributed by atoms with Gasteiger partial charge >= 0.3 is 0 Å². The Hall–Kier alpha value is -1.43. The van der Waals surface area contributed by atoms with Gasteiger partial charge in [-0.25, -0.2) is 0 Å². The molecule has 0 saturated heterocycles. The standard InChI is InChI=1S/C7H8N4OS/c1-3-5(4(2)12-11-3)6-9-10-7(8)13-6/h1-2H3,(H2,8,10). The fourth-order valence-electron chi connectivity index (χ4n) is 1.12. The molecule has 0 aliphatic heterocycles. The molecule has 6 heteroatoms. The molecule has 0 saturated carbocycles. The van der Waals surface area contributed by atoms with E-state index in [9.17, 15) is 0 Å². The second kappa shape index (κ2) is 2.81. The number of aryl methyl sites for hydroxylation is 2. The maximum atomic E-state index is 5.48. The molecular formula is C7H8N4OS. The zero-order valence-corrected chi connectivity index (χ0v) is 8.05. The maximum Gasteiger partial charge on any atom is 0.203 e. The van der Waals surface area contributed by atoms with E-state index in [-0.39, 0.29) is 0 Å². The molecule has 0 spiro atoms. The summed E-state index contributed by atoms with van der Waals surface area (Å²) in [7, 11) is 0. The van der Waals surface area contributed by atoms with E-state index in [4.69, 9.17) is 10.3 Å². The summed E-state index contributed by atoms with van der Waals surface area (Å²) in [6.45, 7) is 3.70. The minimum Gasteiger partial charge on any atom is -0.374 e. The summed E-state index contributed by atoms with van der Waals surface area (Å²) in [5.41, 5.74) is 7.19. The average molecular weight is 196 g/mol. The lowest BCUT2D eigenvalue weighted by molar-refractivity contribution is 0.393. The Kier molecular flexibility index (Phi) is 1.77. The highest BCUT2D eigenvalue weighted by molar-refractivity contribution is 7.18. The summed E-state index contributed by atoms with van der Waals surface area (Å²) in [4.78, 5) is 0. The molecule has 0 aromatic carbocycles. The van der Waals surface area contributed by atoms with Crippen LogP contribution in [0.4, 0.5) is 5.13 Å². The molecule has 5 nitrogen and oxygen atoms in total. The van der Waals surface area contributed by atoms with E-state index in [2.05, 4.69) is 15.4 Å². The first-order valence-corrected chi connectivity index (χ1v) is 4.52. The fourth-order valence-corrected chi connectivity index (χ4v) is 1.88. The van der Waals surface area contributed by atoms with Crippen LogP contribution in [-0.4, -0.2) is 15.4 Å². The van der Waals surface area contributed by atoms with Gasteiger partial charge in [-0.15, -0.1) is 10.2 Å². The van der Waals surface area contributed by atoms with Gasteiger partial charge in [0.15, 0.2) is 5.01 Å². The lowest BCUT2D eigenvalue weighted by atomic mass is 10.2. The molecule has 68 valence electrons. The van der Waals surface area contributed by atoms with Gasteiger partial charge in [-0.2, -0.15) is 0 Å². The summed E-state index contributed by atoms with van der Waals surface area (Å²) in [5.74, 6) is 0.744. The van der Waals surface area contributed by atoms with Gasteiger partial charge in [0.25, 0.3) is 0 Å². The lowest BCUT2D eigenvalue weighted by Crippen LogP contribution is -1.81. The van der Waals surface area contributed by atoms with Crippen molar-refractivity contribution in [2.75, 3.05) is 5.73 Å². The first-order chi connectivity index (χ1) is 6.18. The van der Waals surface area contributed by atoms with Crippen LogP contribution in [0.2, 0.25) is 0 Å². The van der Waals surface area contributed by atoms with E-state index >= 15 is 0 Å². The van der Waals surface area contributed by atoms with Gasteiger partial charge in [0.05, 0.1) is 11.3 Å². The third-order valence-electron chi connectivity index (χ3n) is 1.69. The molecule has 13 heavy (non-hydrogen) atoms. The smallest absolute Gasteiger partial charge is 0.203 e. The highest BCUT2D eigenvalue weighted by Crippen LogP contribution is 2.29. The Morgan fingerprint density at radius 3 is 2.54 bits per heavy atom. The number of hydrogen-bond acceptors (Lipinski definition) is 6. The van der Waals surface area contributed by atoms with Crippen molar-refractivity contribution in [3.63, 3.8) is 0 Å². The van der Waals surface area contributed by atoms with Crippen molar-refractivity contribution in [1.29, 1.82) is 0 Å². The third-order valence-corrected chi connectivity index (χ3v) is 2.46. The van der Waals surface area contributed by atoms with E-state index in [1.807, 2.05) is 13.8 Å². The summed E-state index contributed by atoms with van der Waals surface area (Å²) < 4.78 is 5.01. The van der Waals surface area contributed by atoms with E-state index < -0.39 is 0 Å². The van der Waals surface area contributed by atoms with Gasteiger partial charge in [-0.3, -0.25) is 0 Å². The van der Waals surface area contributed by atoms with Crippen molar-refractivity contribution in [2.45, 2.75) is 13.8 Å². The number of aromatic nitrogens is 3. The Balaban J connectivity index is 2.57. The quantitative estimate of drug-likeness (QED) is 0.745. The van der Waals surface area contributed by atoms with Crippen molar-refractivity contribution < 1.29 is 4.52 Å². The van der Waals surface area contributed by atoms with Crippen LogP contribution in [0.5, 0.6) is 0 Å². The van der Waals surface area contributed by atoms with E-state index in [1.54, 1.807) is 0 Å². The van der Waals surface area contributed by atoms with Gasteiger partial charge < -0.3 is 10.3 Å². The molecule has 0 radical (unpaired) electrons. The zero-order chi connectivity index (χ0) is 9.42. The second-order valence-electron chi connectivity index (χ2n) is 2.64. The highest BCUT2D eigenvalue weighted by Gasteiger charge is 2.15. The van der Waals surface area contributed by atoms with Crippen LogP contribution in [0, 0.1) is 13.8 Å². The van der Waals surface area contributed by atoms with E-state index in [0.29, 0.717) is 5.13 Å². The number of nitrogen functional groups attached to an aromatic ring is 1. The third kappa shape index (κ3) is 1.29. The summed E-state index contributed by atoms with van der Waals surface area (Å²) in [5, 5.41) is 12.7. The number of anilines is 1. The van der Waals surface area contributed by atoms with Crippen molar-refractivity contribution >= 4 is 16.5 Å². The molecule has 0 atom stereocenters. The predicted octanol–water partition coefficient (Wildman–Crippen LogP) is 1.39. The van der Waals surface area contributed by atoms with Crippen LogP contribution in [0.1, 0.15) is 11.5 Å². The van der Waals surface area contributed by atoms with Crippen molar-refractivity contribution in [1.82, 2.24) is 15.4 Å². The van der Waals surface area contributed by atoms with Gasteiger partial charge in [0.2, 0.25) is 5.13 Å². The molecular weight excluding hydrogens is 188 g/mol. The molecule has 2 N–H and O–H groups in total. The number of nitrogens with two attached hydrogens (primary N) is 1. The topological polar surface area (TPSA) is 77.8 Å². The van der Waals surface area contributed by atoms with Gasteiger partial charge in [-0.05, 0) is 13.8 Å². The summed E-state index contributed by atoms with van der Waals surface area (Å²) >= 11 is 1.33. The van der Waals surface area contributed by atoms with E-state index in [1.165, 1.54) is 11.3 Å². The molecule has 0 fully saturated rings. The predicted molar refractivity (Wildman–Crippen MR) is 49.3 cm³/mol. The number of nitrogens with zero attached hydrogens (tertiary/aromatic N) is 3.